The molecule has 8 nitrogen and oxygen atoms in total. The lowest BCUT2D eigenvalue weighted by Gasteiger charge is -2.40. The van der Waals surface area contributed by atoms with Gasteiger partial charge >= 0.3 is 0 Å². The number of halogens is 3. The van der Waals surface area contributed by atoms with E-state index in [0.717, 1.165) is 69.8 Å². The first kappa shape index (κ1) is 30.6. The molecule has 0 spiro atoms. The minimum absolute atomic E-state index is 0.0680. The van der Waals surface area contributed by atoms with Gasteiger partial charge in [0, 0.05) is 43.2 Å². The maximum atomic E-state index is 15.3. The zero-order valence-electron chi connectivity index (χ0n) is 26.2. The second-order valence-electron chi connectivity index (χ2n) is 13.1. The molecule has 236 valence electrons. The van der Waals surface area contributed by atoms with Crippen LogP contribution in [0.3, 0.4) is 0 Å². The van der Waals surface area contributed by atoms with Crippen LogP contribution < -0.4 is 15.0 Å². The topological polar surface area (TPSA) is 69.7 Å². The molecule has 1 atom stereocenters. The largest absolute Gasteiger partial charge is 0.451 e. The Bertz CT molecular complexity index is 1500. The number of aromatic nitrogens is 3. The summed E-state index contributed by atoms with van der Waals surface area (Å²) < 4.78 is 50.5. The summed E-state index contributed by atoms with van der Waals surface area (Å²) >= 11 is 0. The summed E-state index contributed by atoms with van der Waals surface area (Å²) in [5.74, 6) is -2.03. The van der Waals surface area contributed by atoms with Crippen LogP contribution in [0.4, 0.5) is 30.6 Å². The van der Waals surface area contributed by atoms with Crippen molar-refractivity contribution < 1.29 is 17.9 Å². The zero-order chi connectivity index (χ0) is 31.2. The van der Waals surface area contributed by atoms with E-state index in [2.05, 4.69) is 45.2 Å². The van der Waals surface area contributed by atoms with Crippen molar-refractivity contribution in [2.24, 2.45) is 0 Å². The van der Waals surface area contributed by atoms with Crippen LogP contribution in [0.2, 0.25) is 0 Å². The fraction of sp³-hybridized carbons (Fsp3) is 0.545. The molecule has 3 aromatic rings. The van der Waals surface area contributed by atoms with Gasteiger partial charge in [-0.3, -0.25) is 0 Å². The van der Waals surface area contributed by atoms with Crippen molar-refractivity contribution >= 4 is 17.5 Å². The lowest BCUT2D eigenvalue weighted by molar-refractivity contribution is -0.0475. The van der Waals surface area contributed by atoms with Gasteiger partial charge in [0.1, 0.15) is 11.5 Å². The van der Waals surface area contributed by atoms with E-state index in [9.17, 15) is 4.39 Å². The molecule has 0 radical (unpaired) electrons. The molecule has 2 aromatic heterocycles. The Morgan fingerprint density at radius 1 is 1.05 bits per heavy atom. The Hall–Kier alpha value is -3.44. The van der Waals surface area contributed by atoms with Crippen LogP contribution in [-0.2, 0) is 0 Å². The third-order valence-corrected chi connectivity index (χ3v) is 8.79. The average molecular weight is 610 g/mol. The summed E-state index contributed by atoms with van der Waals surface area (Å²) in [5, 5.41) is 3.15. The predicted octanol–water partition coefficient (Wildman–Crippen LogP) is 6.47. The second-order valence-corrected chi connectivity index (χ2v) is 13.1. The van der Waals surface area contributed by atoms with Crippen LogP contribution in [0.25, 0.3) is 11.3 Å². The van der Waals surface area contributed by atoms with Crippen LogP contribution in [0.15, 0.2) is 30.5 Å². The van der Waals surface area contributed by atoms with Gasteiger partial charge < -0.3 is 24.8 Å². The first-order valence-electron chi connectivity index (χ1n) is 15.6. The summed E-state index contributed by atoms with van der Waals surface area (Å²) in [6.45, 7) is 9.29. The van der Waals surface area contributed by atoms with Gasteiger partial charge in [-0.15, -0.1) is 0 Å². The van der Waals surface area contributed by atoms with Gasteiger partial charge in [0.25, 0.3) is 5.85 Å². The molecule has 1 aromatic carbocycles. The Morgan fingerprint density at radius 3 is 2.48 bits per heavy atom. The van der Waals surface area contributed by atoms with E-state index in [0.29, 0.717) is 23.3 Å². The summed E-state index contributed by atoms with van der Waals surface area (Å²) in [5.41, 5.74) is 2.96. The van der Waals surface area contributed by atoms with Crippen molar-refractivity contribution in [3.63, 3.8) is 0 Å². The number of hydrogen-bond donors (Lipinski definition) is 1. The van der Waals surface area contributed by atoms with E-state index in [4.69, 9.17) is 9.72 Å². The van der Waals surface area contributed by atoms with Crippen LogP contribution >= 0.6 is 0 Å². The highest BCUT2D eigenvalue weighted by molar-refractivity contribution is 5.73. The smallest absolute Gasteiger partial charge is 0.263 e. The summed E-state index contributed by atoms with van der Waals surface area (Å²) in [6, 6.07) is 6.69. The first-order chi connectivity index (χ1) is 21.0. The molecule has 11 heteroatoms. The van der Waals surface area contributed by atoms with Gasteiger partial charge in [-0.05, 0) is 96.4 Å². The SMILES string of the molecule is CC(C)N1CC(C)(F)Oc2c(F)cc(-c3nc(Nc4ccc(C5CCN(CCN(C)C)CC5)c(C5CC5)n4)ncc3F)cc21. The van der Waals surface area contributed by atoms with Crippen molar-refractivity contribution in [2.45, 2.75) is 70.2 Å². The number of piperidine rings is 1. The van der Waals surface area contributed by atoms with Gasteiger partial charge in [0.15, 0.2) is 17.4 Å². The molecule has 2 aliphatic heterocycles. The molecule has 1 aliphatic carbocycles. The highest BCUT2D eigenvalue weighted by Gasteiger charge is 2.39. The summed E-state index contributed by atoms with van der Waals surface area (Å²) in [4.78, 5) is 20.0. The molecule has 1 unspecified atom stereocenters. The maximum Gasteiger partial charge on any atom is 0.263 e. The number of likely N-dealkylation sites (tertiary alicyclic amines) is 1. The van der Waals surface area contributed by atoms with Crippen molar-refractivity contribution in [1.82, 2.24) is 24.8 Å². The maximum absolute atomic E-state index is 15.3. The molecule has 1 N–H and O–H groups in total. The number of likely N-dealkylation sites (N-methyl/N-ethyl adjacent to an activating group) is 1. The van der Waals surface area contributed by atoms with Gasteiger partial charge in [-0.2, -0.15) is 4.39 Å². The van der Waals surface area contributed by atoms with E-state index < -0.39 is 17.5 Å². The Balaban J connectivity index is 1.23. The van der Waals surface area contributed by atoms with Crippen LogP contribution in [0.5, 0.6) is 5.75 Å². The fourth-order valence-corrected chi connectivity index (χ4v) is 6.26. The van der Waals surface area contributed by atoms with Crippen molar-refractivity contribution in [1.29, 1.82) is 0 Å². The first-order valence-corrected chi connectivity index (χ1v) is 15.6. The lowest BCUT2D eigenvalue weighted by atomic mass is 9.87. The van der Waals surface area contributed by atoms with Crippen LogP contribution in [-0.4, -0.2) is 83.5 Å². The number of pyridine rings is 1. The fourth-order valence-electron chi connectivity index (χ4n) is 6.26. The third kappa shape index (κ3) is 6.63. The molecule has 4 heterocycles. The van der Waals surface area contributed by atoms with E-state index in [1.807, 2.05) is 19.9 Å². The number of nitrogens with zero attached hydrogens (tertiary/aromatic N) is 6. The highest BCUT2D eigenvalue weighted by atomic mass is 19.2. The molecule has 3 aliphatic rings. The van der Waals surface area contributed by atoms with Crippen molar-refractivity contribution in [3.8, 4) is 17.0 Å². The van der Waals surface area contributed by atoms with Gasteiger partial charge in [0.2, 0.25) is 5.95 Å². The number of anilines is 3. The summed E-state index contributed by atoms with van der Waals surface area (Å²) in [6.07, 6.45) is 5.56. The number of ether oxygens (including phenoxy) is 1. The minimum Gasteiger partial charge on any atom is -0.451 e. The number of hydrogen-bond acceptors (Lipinski definition) is 8. The second kappa shape index (κ2) is 12.2. The van der Waals surface area contributed by atoms with Gasteiger partial charge in [-0.1, -0.05) is 6.07 Å². The molecular weight excluding hydrogens is 567 g/mol. The zero-order valence-corrected chi connectivity index (χ0v) is 26.2. The molecule has 1 saturated heterocycles. The molecule has 44 heavy (non-hydrogen) atoms. The minimum atomic E-state index is -2.05. The predicted molar refractivity (Wildman–Crippen MR) is 166 cm³/mol. The van der Waals surface area contributed by atoms with Crippen LogP contribution in [0.1, 0.15) is 69.5 Å². The number of rotatable bonds is 9. The molecule has 1 saturated carbocycles. The van der Waals surface area contributed by atoms with Gasteiger partial charge in [0.05, 0.1) is 18.4 Å². The molecular formula is C33H42F3N7O. The highest BCUT2D eigenvalue weighted by Crippen LogP contribution is 2.45. The standard InChI is InChI=1S/C33H42F3N7O/c1-20(2)43-19-33(3,36)44-31-25(34)16-23(17-27(31)43)30-26(35)18-37-32(40-30)39-28-9-8-24(29(38-28)22-6-7-22)21-10-12-42(13-11-21)15-14-41(4)5/h8-9,16-18,20-22H,6-7,10-15,19H2,1-5H3,(H,37,38,39,40). The molecule has 2 fully saturated rings. The number of nitrogens with one attached hydrogen (secondary N) is 1. The monoisotopic (exact) mass is 609 g/mol. The quantitative estimate of drug-likeness (QED) is 0.296. The molecule has 6 rings (SSSR count). The Kier molecular flexibility index (Phi) is 8.45. The van der Waals surface area contributed by atoms with E-state index in [-0.39, 0.29) is 35.5 Å². The Morgan fingerprint density at radius 2 is 1.80 bits per heavy atom. The number of benzene rings is 1. The van der Waals surface area contributed by atoms with E-state index >= 15 is 8.78 Å². The van der Waals surface area contributed by atoms with Crippen LogP contribution in [0, 0.1) is 11.6 Å². The van der Waals surface area contributed by atoms with Crippen molar-refractivity contribution in [2.75, 3.05) is 57.0 Å². The molecule has 0 amide bonds. The van der Waals surface area contributed by atoms with E-state index in [1.165, 1.54) is 12.5 Å². The summed E-state index contributed by atoms with van der Waals surface area (Å²) in [7, 11) is 4.22. The third-order valence-electron chi connectivity index (χ3n) is 8.79. The average Bonchev–Trinajstić information content (AvgIpc) is 3.83. The normalized spacial score (nSPS) is 21.1. The number of alkyl halides is 1. The Labute approximate surface area is 257 Å². The lowest BCUT2D eigenvalue weighted by Crippen LogP contribution is -2.49. The molecule has 0 bridgehead atoms. The number of fused-ring (bicyclic) bond motifs is 1. The van der Waals surface area contributed by atoms with Gasteiger partial charge in [-0.25, -0.2) is 23.7 Å². The van der Waals surface area contributed by atoms with E-state index in [1.54, 1.807) is 11.0 Å². The van der Waals surface area contributed by atoms with Crippen molar-refractivity contribution in [3.05, 3.63) is 53.4 Å².